The highest BCUT2D eigenvalue weighted by atomic mass is 35.5. The Morgan fingerprint density at radius 1 is 1.38 bits per heavy atom. The minimum Gasteiger partial charge on any atom is -0.325 e. The zero-order chi connectivity index (χ0) is 9.42. The third kappa shape index (κ3) is 1.48. The second kappa shape index (κ2) is 3.14. The van der Waals surface area contributed by atoms with E-state index < -0.39 is 0 Å². The van der Waals surface area contributed by atoms with E-state index in [1.807, 2.05) is 0 Å². The molecule has 0 aliphatic heterocycles. The second-order valence-corrected chi connectivity index (χ2v) is 3.28. The van der Waals surface area contributed by atoms with Crippen LogP contribution in [-0.4, -0.2) is 14.4 Å². The summed E-state index contributed by atoms with van der Waals surface area (Å²) in [5.74, 6) is 0.470. The van der Waals surface area contributed by atoms with E-state index in [4.69, 9.17) is 28.9 Å². The fraction of sp³-hybridized carbons (Fsp3) is 0.143. The third-order valence-electron chi connectivity index (χ3n) is 1.62. The lowest BCUT2D eigenvalue weighted by Gasteiger charge is -1.95. The van der Waals surface area contributed by atoms with Crippen molar-refractivity contribution in [2.24, 2.45) is 5.73 Å². The van der Waals surface area contributed by atoms with Crippen LogP contribution in [0.25, 0.3) is 5.78 Å². The zero-order valence-electron chi connectivity index (χ0n) is 6.54. The van der Waals surface area contributed by atoms with E-state index >= 15 is 0 Å². The van der Waals surface area contributed by atoms with Crippen molar-refractivity contribution in [2.45, 2.75) is 6.54 Å². The average Bonchev–Trinajstić information content (AvgIpc) is 2.47. The van der Waals surface area contributed by atoms with Crippen LogP contribution in [0, 0.1) is 0 Å². The molecule has 0 atom stereocenters. The summed E-state index contributed by atoms with van der Waals surface area (Å²) in [7, 11) is 0. The fourth-order valence-electron chi connectivity index (χ4n) is 1.05. The zero-order valence-corrected chi connectivity index (χ0v) is 8.05. The summed E-state index contributed by atoms with van der Waals surface area (Å²) in [6.07, 6.45) is 1.74. The molecule has 0 aliphatic carbocycles. The van der Waals surface area contributed by atoms with Crippen LogP contribution in [0.1, 0.15) is 5.69 Å². The standard InChI is InChI=1S/C7H6Cl2N4/c8-5-1-6(9)13-3-4(2-10)11-7(13)12-5/h1,3H,2,10H2. The molecule has 0 spiro atoms. The Hall–Kier alpha value is -0.840. The van der Waals surface area contributed by atoms with Crippen molar-refractivity contribution >= 4 is 29.0 Å². The van der Waals surface area contributed by atoms with Crippen LogP contribution in [-0.2, 0) is 6.54 Å². The quantitative estimate of drug-likeness (QED) is 0.736. The highest BCUT2D eigenvalue weighted by molar-refractivity contribution is 6.33. The third-order valence-corrected chi connectivity index (χ3v) is 2.11. The van der Waals surface area contributed by atoms with E-state index in [1.54, 1.807) is 16.7 Å². The lowest BCUT2D eigenvalue weighted by Crippen LogP contribution is -1.95. The summed E-state index contributed by atoms with van der Waals surface area (Å²) in [4.78, 5) is 8.09. The molecule has 2 aromatic rings. The second-order valence-electron chi connectivity index (χ2n) is 2.51. The molecule has 2 N–H and O–H groups in total. The maximum Gasteiger partial charge on any atom is 0.236 e. The largest absolute Gasteiger partial charge is 0.325 e. The molecule has 0 saturated heterocycles. The Labute approximate surface area is 84.3 Å². The number of imidazole rings is 1. The van der Waals surface area contributed by atoms with E-state index in [1.165, 1.54) is 0 Å². The van der Waals surface area contributed by atoms with Gasteiger partial charge in [0, 0.05) is 18.8 Å². The van der Waals surface area contributed by atoms with E-state index in [2.05, 4.69) is 9.97 Å². The van der Waals surface area contributed by atoms with Crippen molar-refractivity contribution < 1.29 is 0 Å². The topological polar surface area (TPSA) is 56.2 Å². The minimum absolute atomic E-state index is 0.326. The van der Waals surface area contributed by atoms with Gasteiger partial charge in [-0.05, 0) is 0 Å². The van der Waals surface area contributed by atoms with Crippen LogP contribution >= 0.6 is 23.2 Å². The van der Waals surface area contributed by atoms with Gasteiger partial charge < -0.3 is 5.73 Å². The van der Waals surface area contributed by atoms with Gasteiger partial charge in [0.15, 0.2) is 0 Å². The van der Waals surface area contributed by atoms with Crippen LogP contribution in [0.3, 0.4) is 0 Å². The Kier molecular flexibility index (Phi) is 2.11. The number of rotatable bonds is 1. The van der Waals surface area contributed by atoms with Crippen LogP contribution in [0.5, 0.6) is 0 Å². The number of nitrogens with two attached hydrogens (primary N) is 1. The number of nitrogens with zero attached hydrogens (tertiary/aromatic N) is 3. The molecule has 0 radical (unpaired) electrons. The lowest BCUT2D eigenvalue weighted by molar-refractivity contribution is 1.01. The van der Waals surface area contributed by atoms with Crippen molar-refractivity contribution in [3.63, 3.8) is 0 Å². The summed E-state index contributed by atoms with van der Waals surface area (Å²) >= 11 is 11.6. The summed E-state index contributed by atoms with van der Waals surface area (Å²) in [6.45, 7) is 0.358. The molecular weight excluding hydrogens is 211 g/mol. The highest BCUT2D eigenvalue weighted by Gasteiger charge is 2.05. The van der Waals surface area contributed by atoms with E-state index in [9.17, 15) is 0 Å². The smallest absolute Gasteiger partial charge is 0.236 e. The van der Waals surface area contributed by atoms with Crippen molar-refractivity contribution in [1.82, 2.24) is 14.4 Å². The number of aromatic nitrogens is 3. The molecule has 6 heteroatoms. The molecule has 4 nitrogen and oxygen atoms in total. The summed E-state index contributed by atoms with van der Waals surface area (Å²) in [5.41, 5.74) is 6.16. The van der Waals surface area contributed by atoms with Crippen LogP contribution in [0.2, 0.25) is 10.3 Å². The molecule has 0 fully saturated rings. The van der Waals surface area contributed by atoms with Gasteiger partial charge in [-0.15, -0.1) is 0 Å². The van der Waals surface area contributed by atoms with Crippen molar-refractivity contribution in [3.05, 3.63) is 28.3 Å². The first kappa shape index (κ1) is 8.74. The van der Waals surface area contributed by atoms with E-state index in [0.29, 0.717) is 22.6 Å². The first-order valence-corrected chi connectivity index (χ1v) is 4.36. The fourth-order valence-corrected chi connectivity index (χ4v) is 1.51. The maximum absolute atomic E-state index is 5.89. The van der Waals surface area contributed by atoms with Gasteiger partial charge >= 0.3 is 0 Å². The number of hydrogen-bond donors (Lipinski definition) is 1. The summed E-state index contributed by atoms with van der Waals surface area (Å²) in [5, 5.41) is 0.800. The van der Waals surface area contributed by atoms with Crippen LogP contribution in [0.4, 0.5) is 0 Å². The SMILES string of the molecule is NCc1cn2c(Cl)cc(Cl)nc2n1. The summed E-state index contributed by atoms with van der Waals surface area (Å²) in [6, 6.07) is 1.55. The molecule has 0 aliphatic rings. The number of halogens is 2. The molecule has 0 bridgehead atoms. The first-order chi connectivity index (χ1) is 6.20. The highest BCUT2D eigenvalue weighted by Crippen LogP contribution is 2.16. The van der Waals surface area contributed by atoms with Crippen molar-refractivity contribution in [2.75, 3.05) is 0 Å². The number of fused-ring (bicyclic) bond motifs is 1. The van der Waals surface area contributed by atoms with Gasteiger partial charge in [-0.3, -0.25) is 4.40 Å². The van der Waals surface area contributed by atoms with E-state index in [-0.39, 0.29) is 0 Å². The Bertz CT molecular complexity index is 451. The number of hydrogen-bond acceptors (Lipinski definition) is 3. The minimum atomic E-state index is 0.326. The predicted molar refractivity (Wildman–Crippen MR) is 50.9 cm³/mol. The Morgan fingerprint density at radius 2 is 2.15 bits per heavy atom. The molecule has 0 saturated carbocycles. The molecular formula is C7H6Cl2N4. The molecule has 2 aromatic heterocycles. The van der Waals surface area contributed by atoms with Crippen LogP contribution < -0.4 is 5.73 Å². The summed E-state index contributed by atoms with van der Waals surface area (Å²) < 4.78 is 1.63. The van der Waals surface area contributed by atoms with E-state index in [0.717, 1.165) is 5.69 Å². The van der Waals surface area contributed by atoms with Gasteiger partial charge in [-0.25, -0.2) is 9.97 Å². The van der Waals surface area contributed by atoms with Gasteiger partial charge in [0.25, 0.3) is 0 Å². The van der Waals surface area contributed by atoms with Crippen molar-refractivity contribution in [3.8, 4) is 0 Å². The van der Waals surface area contributed by atoms with Crippen molar-refractivity contribution in [1.29, 1.82) is 0 Å². The first-order valence-electron chi connectivity index (χ1n) is 3.61. The molecule has 0 aromatic carbocycles. The molecule has 2 heterocycles. The van der Waals surface area contributed by atoms with Gasteiger partial charge in [-0.1, -0.05) is 23.2 Å². The molecule has 2 rings (SSSR count). The molecule has 0 unspecified atom stereocenters. The predicted octanol–water partition coefficient (Wildman–Crippen LogP) is 1.49. The molecule has 13 heavy (non-hydrogen) atoms. The lowest BCUT2D eigenvalue weighted by atomic mass is 10.5. The molecule has 0 amide bonds. The van der Waals surface area contributed by atoms with Gasteiger partial charge in [0.05, 0.1) is 5.69 Å². The maximum atomic E-state index is 5.89. The van der Waals surface area contributed by atoms with Gasteiger partial charge in [-0.2, -0.15) is 0 Å². The Balaban J connectivity index is 2.75. The van der Waals surface area contributed by atoms with Gasteiger partial charge in [0.1, 0.15) is 10.3 Å². The molecule has 68 valence electrons. The van der Waals surface area contributed by atoms with Crippen LogP contribution in [0.15, 0.2) is 12.3 Å². The monoisotopic (exact) mass is 216 g/mol. The average molecular weight is 217 g/mol. The van der Waals surface area contributed by atoms with Gasteiger partial charge in [0.2, 0.25) is 5.78 Å². The Morgan fingerprint density at radius 3 is 2.85 bits per heavy atom. The normalized spacial score (nSPS) is 11.0.